The van der Waals surface area contributed by atoms with E-state index < -0.39 is 23.0 Å². The molecule has 1 aromatic rings. The molecule has 0 aliphatic carbocycles. The molecule has 3 atom stereocenters. The molecule has 2 rings (SSSR count). The van der Waals surface area contributed by atoms with E-state index in [0.29, 0.717) is 6.42 Å². The van der Waals surface area contributed by atoms with Gasteiger partial charge in [-0.25, -0.2) is 0 Å². The summed E-state index contributed by atoms with van der Waals surface area (Å²) in [6, 6.07) is 10.1. The second-order valence-corrected chi connectivity index (χ2v) is 11.4. The van der Waals surface area contributed by atoms with Crippen molar-refractivity contribution in [2.75, 3.05) is 6.61 Å². The van der Waals surface area contributed by atoms with E-state index in [4.69, 9.17) is 14.2 Å². The molecule has 6 heteroatoms. The molecule has 150 valence electrons. The van der Waals surface area contributed by atoms with Gasteiger partial charge in [-0.05, 0) is 0 Å². The summed E-state index contributed by atoms with van der Waals surface area (Å²) in [5.41, 5.74) is -1.17. The van der Waals surface area contributed by atoms with Crippen molar-refractivity contribution in [1.82, 2.24) is 0 Å². The number of carbonyl (C=O) groups is 2. The van der Waals surface area contributed by atoms with Crippen molar-refractivity contribution >= 4 is 31.4 Å². The van der Waals surface area contributed by atoms with Crippen LogP contribution in [0.15, 0.2) is 30.3 Å². The normalized spacial score (nSPS) is 23.1. The van der Waals surface area contributed by atoms with Gasteiger partial charge in [-0.15, -0.1) is 0 Å². The summed E-state index contributed by atoms with van der Waals surface area (Å²) >= 11 is 0.0937. The molecule has 0 radical (unpaired) electrons. The predicted molar refractivity (Wildman–Crippen MR) is 105 cm³/mol. The Labute approximate surface area is 168 Å². The van der Waals surface area contributed by atoms with Crippen LogP contribution >= 0.6 is 0 Å². The fourth-order valence-electron chi connectivity index (χ4n) is 2.37. The standard InChI is InChI=1S/C21H30O5Se/c1-20(2,3)18(22)24-13-16-15(26-19(23)21(4,5)6)12-17(25-16)27-14-10-8-7-9-11-14/h7-11,15-17H,12-13H2,1-6H3/t15-,16+,17?/m0/s1. The summed E-state index contributed by atoms with van der Waals surface area (Å²) in [7, 11) is 0. The van der Waals surface area contributed by atoms with Crippen LogP contribution in [-0.2, 0) is 23.8 Å². The minimum absolute atomic E-state index is 0.0176. The van der Waals surface area contributed by atoms with Crippen LogP contribution in [0.25, 0.3) is 0 Å². The summed E-state index contributed by atoms with van der Waals surface area (Å²) in [4.78, 5) is 24.4. The molecule has 1 unspecified atom stereocenters. The van der Waals surface area contributed by atoms with E-state index in [9.17, 15) is 9.59 Å². The van der Waals surface area contributed by atoms with Gasteiger partial charge in [0.1, 0.15) is 0 Å². The first-order valence-corrected chi connectivity index (χ1v) is 11.1. The van der Waals surface area contributed by atoms with Crippen molar-refractivity contribution < 1.29 is 23.8 Å². The molecule has 0 amide bonds. The van der Waals surface area contributed by atoms with Crippen LogP contribution in [0.5, 0.6) is 0 Å². The first-order chi connectivity index (χ1) is 12.5. The molecule has 0 aromatic heterocycles. The van der Waals surface area contributed by atoms with E-state index in [2.05, 4.69) is 12.1 Å². The third-order valence-electron chi connectivity index (χ3n) is 4.04. The average molecular weight is 441 g/mol. The molecule has 0 N–H and O–H groups in total. The molecule has 0 saturated carbocycles. The minimum atomic E-state index is -0.588. The van der Waals surface area contributed by atoms with Crippen LogP contribution in [0.3, 0.4) is 0 Å². The maximum atomic E-state index is 12.3. The summed E-state index contributed by atoms with van der Waals surface area (Å²) < 4.78 is 18.5. The van der Waals surface area contributed by atoms with Gasteiger partial charge in [0.05, 0.1) is 0 Å². The Morgan fingerprint density at radius 3 is 2.19 bits per heavy atom. The molecule has 27 heavy (non-hydrogen) atoms. The Morgan fingerprint density at radius 2 is 1.63 bits per heavy atom. The van der Waals surface area contributed by atoms with Crippen LogP contribution < -0.4 is 4.46 Å². The number of benzene rings is 1. The molecule has 0 bridgehead atoms. The zero-order chi connectivity index (χ0) is 20.2. The summed E-state index contributed by atoms with van der Waals surface area (Å²) in [5.74, 6) is -0.555. The Hall–Kier alpha value is -1.36. The zero-order valence-electron chi connectivity index (χ0n) is 17.0. The Kier molecular flexibility index (Phi) is 7.12. The van der Waals surface area contributed by atoms with Gasteiger partial charge in [0.15, 0.2) is 0 Å². The fourth-order valence-corrected chi connectivity index (χ4v) is 4.68. The van der Waals surface area contributed by atoms with Crippen molar-refractivity contribution in [3.63, 3.8) is 0 Å². The van der Waals surface area contributed by atoms with Gasteiger partial charge in [0.2, 0.25) is 0 Å². The molecular formula is C21H30O5Se. The van der Waals surface area contributed by atoms with Gasteiger partial charge in [-0.2, -0.15) is 0 Å². The Bertz CT molecular complexity index is 645. The number of esters is 2. The first kappa shape index (κ1) is 21.9. The van der Waals surface area contributed by atoms with E-state index in [0.717, 1.165) is 0 Å². The summed E-state index contributed by atoms with van der Waals surface area (Å²) in [5, 5.41) is -0.0176. The van der Waals surface area contributed by atoms with Gasteiger partial charge >= 0.3 is 168 Å². The van der Waals surface area contributed by atoms with Crippen LogP contribution in [0.1, 0.15) is 48.0 Å². The van der Waals surface area contributed by atoms with Crippen molar-refractivity contribution in [3.05, 3.63) is 30.3 Å². The van der Waals surface area contributed by atoms with Crippen molar-refractivity contribution in [1.29, 1.82) is 0 Å². The zero-order valence-corrected chi connectivity index (χ0v) is 18.7. The average Bonchev–Trinajstić information content (AvgIpc) is 2.93. The van der Waals surface area contributed by atoms with Crippen LogP contribution in [-0.4, -0.2) is 50.7 Å². The summed E-state index contributed by atoms with van der Waals surface area (Å²) in [6.07, 6.45) is -0.215. The number of hydrogen-bond donors (Lipinski definition) is 0. The SMILES string of the molecule is CC(C)(C)C(=O)OC[C@H]1OC([Se]c2ccccc2)C[C@@H]1OC(=O)C(C)(C)C. The second-order valence-electron chi connectivity index (χ2n) is 8.81. The maximum absolute atomic E-state index is 12.3. The van der Waals surface area contributed by atoms with E-state index in [1.807, 2.05) is 59.7 Å². The number of ether oxygens (including phenoxy) is 3. The van der Waals surface area contributed by atoms with E-state index in [-0.39, 0.29) is 38.5 Å². The quantitative estimate of drug-likeness (QED) is 0.520. The van der Waals surface area contributed by atoms with Gasteiger partial charge in [-0.3, -0.25) is 0 Å². The van der Waals surface area contributed by atoms with Crippen LogP contribution in [0, 0.1) is 10.8 Å². The Balaban J connectivity index is 2.04. The van der Waals surface area contributed by atoms with Gasteiger partial charge in [0.25, 0.3) is 0 Å². The van der Waals surface area contributed by atoms with Gasteiger partial charge < -0.3 is 0 Å². The number of rotatable bonds is 5. The van der Waals surface area contributed by atoms with Crippen LogP contribution in [0.4, 0.5) is 0 Å². The van der Waals surface area contributed by atoms with Gasteiger partial charge in [0, 0.05) is 0 Å². The topological polar surface area (TPSA) is 61.8 Å². The molecule has 5 nitrogen and oxygen atoms in total. The molecule has 1 heterocycles. The third-order valence-corrected chi connectivity index (χ3v) is 6.37. The first-order valence-electron chi connectivity index (χ1n) is 9.22. The number of hydrogen-bond acceptors (Lipinski definition) is 5. The number of carbonyl (C=O) groups excluding carboxylic acids is 2. The molecule has 0 spiro atoms. The molecule has 1 aliphatic heterocycles. The van der Waals surface area contributed by atoms with Crippen molar-refractivity contribution in [2.24, 2.45) is 10.8 Å². The van der Waals surface area contributed by atoms with E-state index in [1.54, 1.807) is 0 Å². The summed E-state index contributed by atoms with van der Waals surface area (Å²) in [6.45, 7) is 11.0. The molecule has 1 saturated heterocycles. The Morgan fingerprint density at radius 1 is 1.04 bits per heavy atom. The molecule has 1 aliphatic rings. The van der Waals surface area contributed by atoms with Crippen molar-refractivity contribution in [2.45, 2.75) is 65.2 Å². The van der Waals surface area contributed by atoms with Crippen molar-refractivity contribution in [3.8, 4) is 0 Å². The fraction of sp³-hybridized carbons (Fsp3) is 0.619. The van der Waals surface area contributed by atoms with E-state index >= 15 is 0 Å². The second kappa shape index (κ2) is 8.76. The van der Waals surface area contributed by atoms with E-state index in [1.165, 1.54) is 4.46 Å². The molecular weight excluding hydrogens is 411 g/mol. The monoisotopic (exact) mass is 442 g/mol. The third kappa shape index (κ3) is 6.63. The van der Waals surface area contributed by atoms with Gasteiger partial charge in [-0.1, -0.05) is 0 Å². The molecule has 1 fully saturated rings. The van der Waals surface area contributed by atoms with Crippen LogP contribution in [0.2, 0.25) is 0 Å². The predicted octanol–water partition coefficient (Wildman–Crippen LogP) is 2.68. The molecule has 1 aromatic carbocycles.